The molecule has 0 aliphatic carbocycles. The second kappa shape index (κ2) is 13.2. The number of sulfonamides is 1. The van der Waals surface area contributed by atoms with Crippen LogP contribution in [-0.2, 0) is 27.8 Å². The average Bonchev–Trinajstić information content (AvgIpc) is 2.88. The highest BCUT2D eigenvalue weighted by Crippen LogP contribution is 2.21. The number of phenols is 1. The van der Waals surface area contributed by atoms with Gasteiger partial charge in [-0.3, -0.25) is 0 Å². The van der Waals surface area contributed by atoms with Crippen LogP contribution >= 0.6 is 0 Å². The van der Waals surface area contributed by atoms with E-state index in [4.69, 9.17) is 10.5 Å². The number of aromatic hydroxyl groups is 1. The number of hydrogen-bond donors (Lipinski definition) is 4. The maximum atomic E-state index is 13.4. The Kier molecular flexibility index (Phi) is 10.1. The van der Waals surface area contributed by atoms with Crippen LogP contribution in [0.1, 0.15) is 25.0 Å². The van der Waals surface area contributed by atoms with Gasteiger partial charge in [-0.25, -0.2) is 18.2 Å². The summed E-state index contributed by atoms with van der Waals surface area (Å²) in [6.45, 7) is 3.57. The van der Waals surface area contributed by atoms with Gasteiger partial charge in [0.25, 0.3) is 0 Å². The minimum absolute atomic E-state index is 0.00719. The quantitative estimate of drug-likeness (QED) is 0.272. The zero-order valence-electron chi connectivity index (χ0n) is 21.4. The van der Waals surface area contributed by atoms with Crippen molar-refractivity contribution < 1.29 is 28.2 Å². The van der Waals surface area contributed by atoms with Gasteiger partial charge >= 0.3 is 6.09 Å². The van der Waals surface area contributed by atoms with Crippen LogP contribution in [0.4, 0.5) is 10.6 Å². The number of nitrogens with two attached hydrogens (primary N) is 1. The molecule has 0 radical (unpaired) electrons. The summed E-state index contributed by atoms with van der Waals surface area (Å²) in [5, 5.41) is 23.5. The Morgan fingerprint density at radius 2 is 1.71 bits per heavy atom. The van der Waals surface area contributed by atoms with E-state index < -0.39 is 28.3 Å². The Hall–Kier alpha value is -3.67. The van der Waals surface area contributed by atoms with Gasteiger partial charge in [0.2, 0.25) is 10.0 Å². The van der Waals surface area contributed by atoms with Gasteiger partial charge in [-0.1, -0.05) is 50.2 Å². The number of ether oxygens (including phenoxy) is 1. The maximum absolute atomic E-state index is 13.4. The Morgan fingerprint density at radius 1 is 1.03 bits per heavy atom. The molecule has 0 spiro atoms. The van der Waals surface area contributed by atoms with Gasteiger partial charge in [-0.05, 0) is 48.2 Å². The van der Waals surface area contributed by atoms with Gasteiger partial charge in [0.15, 0.2) is 0 Å². The standard InChI is InChI=1S/C27H34N4O6S/c1-19(2)16-31(38(35,36)23-11-9-22(32)10-12-23)17-25(33)24(14-20-6-4-3-5-7-20)30-27(34)37-18-21-8-13-26(28)29-15-21/h3-13,15,19,24-25,32-33H,14,16-18H2,1-2H3,(H2,28,29)(H,30,34)/t24-,25+/m0/s1. The van der Waals surface area contributed by atoms with E-state index in [1.165, 1.54) is 34.8 Å². The number of aromatic nitrogens is 1. The second-order valence-corrected chi connectivity index (χ2v) is 11.3. The van der Waals surface area contributed by atoms with Crippen molar-refractivity contribution in [3.8, 4) is 5.75 Å². The molecule has 0 saturated heterocycles. The first-order valence-corrected chi connectivity index (χ1v) is 13.6. The third kappa shape index (κ3) is 8.44. The summed E-state index contributed by atoms with van der Waals surface area (Å²) < 4.78 is 33.3. The SMILES string of the molecule is CC(C)CN(C[C@@H](O)[C@H](Cc1ccccc1)NC(=O)OCc1ccc(N)nc1)S(=O)(=O)c1ccc(O)cc1. The molecular formula is C27H34N4O6S. The van der Waals surface area contributed by atoms with Crippen molar-refractivity contribution in [3.63, 3.8) is 0 Å². The van der Waals surface area contributed by atoms with Crippen molar-refractivity contribution >= 4 is 21.9 Å². The number of alkyl carbamates (subject to hydrolysis) is 1. The summed E-state index contributed by atoms with van der Waals surface area (Å²) in [5.41, 5.74) is 7.06. The number of aliphatic hydroxyl groups is 1. The van der Waals surface area contributed by atoms with Crippen LogP contribution < -0.4 is 11.1 Å². The number of hydrogen-bond acceptors (Lipinski definition) is 8. The molecule has 0 aliphatic heterocycles. The number of rotatable bonds is 12. The molecule has 2 atom stereocenters. The normalized spacial score (nSPS) is 13.3. The lowest BCUT2D eigenvalue weighted by Gasteiger charge is -2.30. The molecule has 2 aromatic carbocycles. The fourth-order valence-corrected chi connectivity index (χ4v) is 5.42. The van der Waals surface area contributed by atoms with Crippen molar-refractivity contribution in [1.82, 2.24) is 14.6 Å². The Balaban J connectivity index is 1.78. The molecule has 1 heterocycles. The Labute approximate surface area is 223 Å². The van der Waals surface area contributed by atoms with E-state index in [9.17, 15) is 23.4 Å². The summed E-state index contributed by atoms with van der Waals surface area (Å²) in [7, 11) is -3.99. The number of amides is 1. The lowest BCUT2D eigenvalue weighted by molar-refractivity contribution is 0.0873. The van der Waals surface area contributed by atoms with Crippen LogP contribution in [0.25, 0.3) is 0 Å². The fourth-order valence-electron chi connectivity index (χ4n) is 3.80. The average molecular weight is 543 g/mol. The molecular weight excluding hydrogens is 508 g/mol. The molecule has 0 unspecified atom stereocenters. The summed E-state index contributed by atoms with van der Waals surface area (Å²) in [5.74, 6) is 0.255. The number of carbonyl (C=O) groups excluding carboxylic acids is 1. The molecule has 0 bridgehead atoms. The number of benzene rings is 2. The number of nitrogens with one attached hydrogen (secondary N) is 1. The van der Waals surface area contributed by atoms with Crippen molar-refractivity contribution in [2.24, 2.45) is 5.92 Å². The van der Waals surface area contributed by atoms with Crippen molar-refractivity contribution in [1.29, 1.82) is 0 Å². The monoisotopic (exact) mass is 542 g/mol. The van der Waals surface area contributed by atoms with Crippen LogP contribution in [0.2, 0.25) is 0 Å². The van der Waals surface area contributed by atoms with E-state index in [1.54, 1.807) is 12.1 Å². The third-order valence-corrected chi connectivity index (χ3v) is 7.56. The molecule has 5 N–H and O–H groups in total. The number of pyridine rings is 1. The van der Waals surface area contributed by atoms with Crippen molar-refractivity contribution in [2.45, 2.75) is 43.9 Å². The predicted octanol–water partition coefficient (Wildman–Crippen LogP) is 2.91. The molecule has 10 nitrogen and oxygen atoms in total. The summed E-state index contributed by atoms with van der Waals surface area (Å²) >= 11 is 0. The Bertz CT molecular complexity index is 1270. The van der Waals surface area contributed by atoms with Crippen LogP contribution in [0.15, 0.2) is 77.8 Å². The van der Waals surface area contributed by atoms with Crippen LogP contribution in [0.5, 0.6) is 5.75 Å². The highest BCUT2D eigenvalue weighted by molar-refractivity contribution is 7.89. The van der Waals surface area contributed by atoms with E-state index in [2.05, 4.69) is 10.3 Å². The molecule has 3 aromatic rings. The number of carbonyl (C=O) groups is 1. The lowest BCUT2D eigenvalue weighted by atomic mass is 10.0. The number of anilines is 1. The second-order valence-electron chi connectivity index (χ2n) is 9.39. The van der Waals surface area contributed by atoms with E-state index in [0.29, 0.717) is 11.4 Å². The van der Waals surface area contributed by atoms with E-state index in [-0.39, 0.29) is 42.7 Å². The van der Waals surface area contributed by atoms with Gasteiger partial charge in [0.05, 0.1) is 17.0 Å². The molecule has 204 valence electrons. The van der Waals surface area contributed by atoms with Gasteiger partial charge in [0.1, 0.15) is 18.2 Å². The zero-order chi connectivity index (χ0) is 27.7. The molecule has 1 amide bonds. The van der Waals surface area contributed by atoms with E-state index in [0.717, 1.165) is 5.56 Å². The maximum Gasteiger partial charge on any atom is 0.407 e. The van der Waals surface area contributed by atoms with E-state index >= 15 is 0 Å². The highest BCUT2D eigenvalue weighted by Gasteiger charge is 2.31. The molecule has 11 heteroatoms. The Morgan fingerprint density at radius 3 is 2.32 bits per heavy atom. The number of nitrogen functional groups attached to an aromatic ring is 1. The molecule has 0 fully saturated rings. The highest BCUT2D eigenvalue weighted by atomic mass is 32.2. The van der Waals surface area contributed by atoms with E-state index in [1.807, 2.05) is 44.2 Å². The predicted molar refractivity (Wildman–Crippen MR) is 144 cm³/mol. The van der Waals surface area contributed by atoms with Crippen molar-refractivity contribution in [3.05, 3.63) is 84.1 Å². The van der Waals surface area contributed by atoms with Gasteiger partial charge < -0.3 is 26.0 Å². The minimum atomic E-state index is -3.99. The topological polar surface area (TPSA) is 155 Å². The van der Waals surface area contributed by atoms with Crippen molar-refractivity contribution in [2.75, 3.05) is 18.8 Å². The third-order valence-electron chi connectivity index (χ3n) is 5.72. The number of phenolic OH excluding ortho intramolecular Hbond substituents is 1. The minimum Gasteiger partial charge on any atom is -0.508 e. The first-order valence-electron chi connectivity index (χ1n) is 12.2. The molecule has 3 rings (SSSR count). The molecule has 38 heavy (non-hydrogen) atoms. The summed E-state index contributed by atoms with van der Waals surface area (Å²) in [6.07, 6.45) is -0.281. The molecule has 1 aromatic heterocycles. The fraction of sp³-hybridized carbons (Fsp3) is 0.333. The zero-order valence-corrected chi connectivity index (χ0v) is 22.2. The smallest absolute Gasteiger partial charge is 0.407 e. The van der Waals surface area contributed by atoms with Gasteiger partial charge in [-0.2, -0.15) is 4.31 Å². The number of aliphatic hydroxyl groups excluding tert-OH is 1. The van der Waals surface area contributed by atoms with Gasteiger partial charge in [-0.15, -0.1) is 0 Å². The van der Waals surface area contributed by atoms with Crippen LogP contribution in [0.3, 0.4) is 0 Å². The largest absolute Gasteiger partial charge is 0.508 e. The summed E-state index contributed by atoms with van der Waals surface area (Å²) in [6, 6.07) is 16.9. The number of nitrogens with zero attached hydrogens (tertiary/aromatic N) is 2. The molecule has 0 saturated carbocycles. The summed E-state index contributed by atoms with van der Waals surface area (Å²) in [4.78, 5) is 16.6. The molecule has 0 aliphatic rings. The lowest BCUT2D eigenvalue weighted by Crippen LogP contribution is -2.51. The first kappa shape index (κ1) is 28.9. The van der Waals surface area contributed by atoms with Crippen LogP contribution in [-0.4, -0.2) is 59.2 Å². The first-order chi connectivity index (χ1) is 18.0. The van der Waals surface area contributed by atoms with Gasteiger partial charge in [0, 0.05) is 24.8 Å². The van der Waals surface area contributed by atoms with Crippen LogP contribution in [0, 0.1) is 5.92 Å².